The summed E-state index contributed by atoms with van der Waals surface area (Å²) in [6.07, 6.45) is 4.85. The van der Waals surface area contributed by atoms with Gasteiger partial charge in [-0.05, 0) is 44.4 Å². The van der Waals surface area contributed by atoms with Crippen LogP contribution in [0, 0.1) is 0 Å². The van der Waals surface area contributed by atoms with Crippen LogP contribution in [0.2, 0.25) is 0 Å². The number of rotatable bonds is 8. The lowest BCUT2D eigenvalue weighted by molar-refractivity contribution is -0.139. The van der Waals surface area contributed by atoms with Gasteiger partial charge in [-0.15, -0.1) is 0 Å². The Kier molecular flexibility index (Phi) is 5.21. The zero-order chi connectivity index (χ0) is 17.1. The zero-order valence-corrected chi connectivity index (χ0v) is 14.4. The van der Waals surface area contributed by atoms with Crippen LogP contribution in [0.25, 0.3) is 11.0 Å². The van der Waals surface area contributed by atoms with E-state index in [-0.39, 0.29) is 6.54 Å². The molecular formula is C19H26N2O3. The van der Waals surface area contributed by atoms with E-state index in [0.717, 1.165) is 31.4 Å². The third-order valence-corrected chi connectivity index (χ3v) is 4.98. The van der Waals surface area contributed by atoms with Crippen molar-refractivity contribution < 1.29 is 14.3 Å². The monoisotopic (exact) mass is 330 g/mol. The number of furan rings is 1. The quantitative estimate of drug-likeness (QED) is 0.779. The Morgan fingerprint density at radius 2 is 2.17 bits per heavy atom. The predicted octanol–water partition coefficient (Wildman–Crippen LogP) is 2.89. The summed E-state index contributed by atoms with van der Waals surface area (Å²) in [4.78, 5) is 12.9. The van der Waals surface area contributed by atoms with Crippen LogP contribution in [-0.2, 0) is 11.2 Å². The summed E-state index contributed by atoms with van der Waals surface area (Å²) in [6.45, 7) is 5.16. The predicted molar refractivity (Wildman–Crippen MR) is 94.2 cm³/mol. The van der Waals surface area contributed by atoms with Crippen molar-refractivity contribution in [3.8, 4) is 0 Å². The second-order valence-electron chi connectivity index (χ2n) is 6.81. The summed E-state index contributed by atoms with van der Waals surface area (Å²) in [5.41, 5.74) is 2.18. The number of carbonyl (C=O) groups is 1. The number of carboxylic acids is 1. The molecule has 5 nitrogen and oxygen atoms in total. The van der Waals surface area contributed by atoms with Gasteiger partial charge in [0.15, 0.2) is 0 Å². The van der Waals surface area contributed by atoms with E-state index < -0.39 is 5.97 Å². The highest BCUT2D eigenvalue weighted by atomic mass is 16.4. The summed E-state index contributed by atoms with van der Waals surface area (Å²) in [6, 6.07) is 9.36. The van der Waals surface area contributed by atoms with Crippen LogP contribution in [0.3, 0.4) is 0 Å². The van der Waals surface area contributed by atoms with E-state index in [9.17, 15) is 4.79 Å². The van der Waals surface area contributed by atoms with Gasteiger partial charge in [-0.25, -0.2) is 0 Å². The van der Waals surface area contributed by atoms with E-state index in [1.165, 1.54) is 10.9 Å². The Hall–Kier alpha value is -1.85. The maximum atomic E-state index is 10.9. The molecule has 5 heteroatoms. The lowest BCUT2D eigenvalue weighted by atomic mass is 9.84. The summed E-state index contributed by atoms with van der Waals surface area (Å²) in [7, 11) is 0. The SMILES string of the molecule is CCN(CC(=O)O)C1CC(NC(C)Cc2coc3ccccc23)C1. The Morgan fingerprint density at radius 3 is 2.88 bits per heavy atom. The Bertz CT molecular complexity index is 691. The largest absolute Gasteiger partial charge is 0.480 e. The number of hydrogen-bond acceptors (Lipinski definition) is 4. The second kappa shape index (κ2) is 7.36. The first-order valence-electron chi connectivity index (χ1n) is 8.73. The molecule has 2 N–H and O–H groups in total. The number of nitrogens with one attached hydrogen (secondary N) is 1. The molecule has 1 atom stereocenters. The summed E-state index contributed by atoms with van der Waals surface area (Å²) < 4.78 is 5.61. The molecule has 1 heterocycles. The molecule has 24 heavy (non-hydrogen) atoms. The molecule has 0 bridgehead atoms. The molecule has 1 aliphatic rings. The van der Waals surface area contributed by atoms with Crippen molar-refractivity contribution in [2.45, 2.75) is 51.2 Å². The highest BCUT2D eigenvalue weighted by molar-refractivity contribution is 5.80. The van der Waals surface area contributed by atoms with Crippen molar-refractivity contribution in [1.29, 1.82) is 0 Å². The van der Waals surface area contributed by atoms with Crippen molar-refractivity contribution in [3.05, 3.63) is 36.1 Å². The fourth-order valence-corrected chi connectivity index (χ4v) is 3.68. The molecule has 0 saturated heterocycles. The van der Waals surface area contributed by atoms with E-state index in [2.05, 4.69) is 23.2 Å². The molecule has 1 saturated carbocycles. The van der Waals surface area contributed by atoms with Crippen molar-refractivity contribution in [3.63, 3.8) is 0 Å². The van der Waals surface area contributed by atoms with E-state index in [1.807, 2.05) is 31.4 Å². The van der Waals surface area contributed by atoms with Crippen LogP contribution in [0.5, 0.6) is 0 Å². The lowest BCUT2D eigenvalue weighted by Gasteiger charge is -2.43. The van der Waals surface area contributed by atoms with Gasteiger partial charge in [0.05, 0.1) is 12.8 Å². The normalized spacial score (nSPS) is 21.8. The van der Waals surface area contributed by atoms with Gasteiger partial charge in [-0.3, -0.25) is 9.69 Å². The standard InChI is InChI=1S/C19H26N2O3/c1-3-21(11-19(22)23)16-9-15(10-16)20-13(2)8-14-12-24-18-7-5-4-6-17(14)18/h4-7,12-13,15-16,20H,3,8-11H2,1-2H3,(H,22,23). The highest BCUT2D eigenvalue weighted by Crippen LogP contribution is 2.27. The third-order valence-electron chi connectivity index (χ3n) is 4.98. The lowest BCUT2D eigenvalue weighted by Crippen LogP contribution is -2.55. The van der Waals surface area contributed by atoms with Gasteiger partial charge in [0.2, 0.25) is 0 Å². The van der Waals surface area contributed by atoms with Crippen molar-refractivity contribution in [2.75, 3.05) is 13.1 Å². The van der Waals surface area contributed by atoms with Gasteiger partial charge < -0.3 is 14.8 Å². The van der Waals surface area contributed by atoms with Gasteiger partial charge in [0.1, 0.15) is 5.58 Å². The molecule has 1 aromatic carbocycles. The first-order chi connectivity index (χ1) is 11.6. The molecule has 0 spiro atoms. The molecule has 1 fully saturated rings. The number of benzene rings is 1. The summed E-state index contributed by atoms with van der Waals surface area (Å²) >= 11 is 0. The maximum absolute atomic E-state index is 10.9. The highest BCUT2D eigenvalue weighted by Gasteiger charge is 2.34. The molecule has 0 amide bonds. The van der Waals surface area contributed by atoms with Crippen LogP contribution in [0.4, 0.5) is 0 Å². The average molecular weight is 330 g/mol. The Labute approximate surface area is 142 Å². The number of nitrogens with zero attached hydrogens (tertiary/aromatic N) is 1. The number of carboxylic acid groups (broad SMARTS) is 1. The minimum absolute atomic E-state index is 0.143. The first kappa shape index (κ1) is 17.0. The second-order valence-corrected chi connectivity index (χ2v) is 6.81. The van der Waals surface area contributed by atoms with Crippen LogP contribution in [0.15, 0.2) is 34.9 Å². The first-order valence-corrected chi connectivity index (χ1v) is 8.73. The molecule has 0 aliphatic heterocycles. The topological polar surface area (TPSA) is 65.7 Å². The van der Waals surface area contributed by atoms with E-state index in [4.69, 9.17) is 9.52 Å². The van der Waals surface area contributed by atoms with Crippen molar-refractivity contribution >= 4 is 16.9 Å². The minimum Gasteiger partial charge on any atom is -0.480 e. The molecule has 130 valence electrons. The van der Waals surface area contributed by atoms with Gasteiger partial charge >= 0.3 is 5.97 Å². The number of para-hydroxylation sites is 1. The van der Waals surface area contributed by atoms with E-state index in [1.54, 1.807) is 0 Å². The van der Waals surface area contributed by atoms with Crippen molar-refractivity contribution in [2.24, 2.45) is 0 Å². The molecule has 0 radical (unpaired) electrons. The van der Waals surface area contributed by atoms with Gasteiger partial charge in [0.25, 0.3) is 0 Å². The molecule has 1 aliphatic carbocycles. The number of likely N-dealkylation sites (N-methyl/N-ethyl adjacent to an activating group) is 1. The molecule has 2 aromatic rings. The fourth-order valence-electron chi connectivity index (χ4n) is 3.68. The fraction of sp³-hybridized carbons (Fsp3) is 0.526. The van der Waals surface area contributed by atoms with Crippen LogP contribution in [-0.4, -0.2) is 47.2 Å². The van der Waals surface area contributed by atoms with Crippen LogP contribution < -0.4 is 5.32 Å². The number of hydrogen-bond donors (Lipinski definition) is 2. The average Bonchev–Trinajstić information content (AvgIpc) is 2.91. The molecule has 1 unspecified atom stereocenters. The smallest absolute Gasteiger partial charge is 0.317 e. The van der Waals surface area contributed by atoms with Crippen LogP contribution >= 0.6 is 0 Å². The third kappa shape index (κ3) is 3.79. The minimum atomic E-state index is -0.742. The summed E-state index contributed by atoms with van der Waals surface area (Å²) in [5.74, 6) is -0.742. The van der Waals surface area contributed by atoms with Crippen LogP contribution in [0.1, 0.15) is 32.3 Å². The molecule has 1 aromatic heterocycles. The maximum Gasteiger partial charge on any atom is 0.317 e. The Morgan fingerprint density at radius 1 is 1.42 bits per heavy atom. The van der Waals surface area contributed by atoms with Gasteiger partial charge in [-0.2, -0.15) is 0 Å². The van der Waals surface area contributed by atoms with Crippen molar-refractivity contribution in [1.82, 2.24) is 10.2 Å². The van der Waals surface area contributed by atoms with E-state index >= 15 is 0 Å². The molecular weight excluding hydrogens is 304 g/mol. The zero-order valence-electron chi connectivity index (χ0n) is 14.4. The molecule has 3 rings (SSSR count). The Balaban J connectivity index is 1.48. The summed E-state index contributed by atoms with van der Waals surface area (Å²) in [5, 5.41) is 13.8. The number of aliphatic carboxylic acids is 1. The van der Waals surface area contributed by atoms with E-state index in [0.29, 0.717) is 18.1 Å². The van der Waals surface area contributed by atoms with Gasteiger partial charge in [0, 0.05) is 23.5 Å². The number of fused-ring (bicyclic) bond motifs is 1. The van der Waals surface area contributed by atoms with Gasteiger partial charge in [-0.1, -0.05) is 25.1 Å².